The van der Waals surface area contributed by atoms with E-state index in [1.807, 2.05) is 24.3 Å². The van der Waals surface area contributed by atoms with Gasteiger partial charge in [-0.25, -0.2) is 0 Å². The van der Waals surface area contributed by atoms with Crippen molar-refractivity contribution in [3.05, 3.63) is 58.6 Å². The van der Waals surface area contributed by atoms with E-state index < -0.39 is 0 Å². The van der Waals surface area contributed by atoms with Gasteiger partial charge < -0.3 is 9.29 Å². The van der Waals surface area contributed by atoms with Gasteiger partial charge in [-0.05, 0) is 42.0 Å². The number of aromatic hydroxyl groups is 1. The molecule has 0 aliphatic carbocycles. The Labute approximate surface area is 123 Å². The van der Waals surface area contributed by atoms with Gasteiger partial charge in [0.15, 0.2) is 0 Å². The molecule has 1 N–H and O–H groups in total. The second-order valence-electron chi connectivity index (χ2n) is 3.84. The summed E-state index contributed by atoms with van der Waals surface area (Å²) < 4.78 is 6.03. The summed E-state index contributed by atoms with van der Waals surface area (Å²) in [6.07, 6.45) is 0.227. The summed E-state index contributed by atoms with van der Waals surface area (Å²) >= 11 is 4.34. The monoisotopic (exact) mass is 338 g/mol. The van der Waals surface area contributed by atoms with Crippen LogP contribution in [0.3, 0.4) is 0 Å². The number of carbonyl (C=O) groups is 1. The largest absolute Gasteiger partial charge is 0.508 e. The van der Waals surface area contributed by atoms with Crippen LogP contribution in [0.1, 0.15) is 5.56 Å². The lowest BCUT2D eigenvalue weighted by Gasteiger charge is -2.03. The summed E-state index contributed by atoms with van der Waals surface area (Å²) in [5.74, 6) is -0.124. The first-order chi connectivity index (χ1) is 9.13. The van der Waals surface area contributed by atoms with Gasteiger partial charge in [0.25, 0.3) is 0 Å². The van der Waals surface area contributed by atoms with E-state index in [9.17, 15) is 4.79 Å². The van der Waals surface area contributed by atoms with Crippen LogP contribution in [-0.2, 0) is 15.4 Å². The van der Waals surface area contributed by atoms with E-state index in [1.54, 1.807) is 24.3 Å². The standard InChI is InChI=1S/C14H11BrO3S/c15-11-3-1-2-10(8-11)9-14(17)18-19-13-6-4-12(16)5-7-13/h1-8,16H,9H2. The molecule has 0 radical (unpaired) electrons. The molecule has 0 bridgehead atoms. The first-order valence-corrected chi connectivity index (χ1v) is 7.08. The first-order valence-electron chi connectivity index (χ1n) is 5.54. The predicted molar refractivity (Wildman–Crippen MR) is 77.9 cm³/mol. The Morgan fingerprint density at radius 3 is 2.63 bits per heavy atom. The molecule has 98 valence electrons. The van der Waals surface area contributed by atoms with Gasteiger partial charge in [0.1, 0.15) is 5.75 Å². The second kappa shape index (κ2) is 6.63. The average Bonchev–Trinajstić information content (AvgIpc) is 2.38. The van der Waals surface area contributed by atoms with Crippen LogP contribution in [0.2, 0.25) is 0 Å². The third-order valence-electron chi connectivity index (χ3n) is 2.31. The van der Waals surface area contributed by atoms with Crippen molar-refractivity contribution in [1.29, 1.82) is 0 Å². The number of rotatable bonds is 4. The number of carbonyl (C=O) groups excluding carboxylic acids is 1. The van der Waals surface area contributed by atoms with Gasteiger partial charge in [0.2, 0.25) is 0 Å². The van der Waals surface area contributed by atoms with Crippen LogP contribution < -0.4 is 0 Å². The molecule has 2 aromatic rings. The van der Waals surface area contributed by atoms with Crippen molar-refractivity contribution in [3.8, 4) is 5.75 Å². The molecule has 0 atom stereocenters. The molecule has 0 amide bonds. The number of hydrogen-bond acceptors (Lipinski definition) is 4. The van der Waals surface area contributed by atoms with Crippen molar-refractivity contribution < 1.29 is 14.1 Å². The van der Waals surface area contributed by atoms with E-state index in [1.165, 1.54) is 0 Å². The Morgan fingerprint density at radius 2 is 1.95 bits per heavy atom. The highest BCUT2D eigenvalue weighted by molar-refractivity contribution is 9.10. The van der Waals surface area contributed by atoms with Crippen LogP contribution in [0.15, 0.2) is 57.9 Å². The van der Waals surface area contributed by atoms with Gasteiger partial charge in [-0.1, -0.05) is 28.1 Å². The molecular weight excluding hydrogens is 328 g/mol. The maximum atomic E-state index is 11.7. The summed E-state index contributed by atoms with van der Waals surface area (Å²) in [4.78, 5) is 12.4. The van der Waals surface area contributed by atoms with Crippen LogP contribution in [0.5, 0.6) is 5.75 Å². The molecule has 0 heterocycles. The lowest BCUT2D eigenvalue weighted by molar-refractivity contribution is -0.132. The lowest BCUT2D eigenvalue weighted by Crippen LogP contribution is -2.03. The number of hydrogen-bond donors (Lipinski definition) is 1. The van der Waals surface area contributed by atoms with Gasteiger partial charge in [-0.2, -0.15) is 0 Å². The fraction of sp³-hybridized carbons (Fsp3) is 0.0714. The first kappa shape index (κ1) is 14.0. The average molecular weight is 339 g/mol. The predicted octanol–water partition coefficient (Wildman–Crippen LogP) is 3.95. The molecule has 3 nitrogen and oxygen atoms in total. The molecule has 0 aromatic heterocycles. The second-order valence-corrected chi connectivity index (χ2v) is 5.56. The summed E-state index contributed by atoms with van der Waals surface area (Å²) in [6, 6.07) is 14.0. The molecule has 0 saturated carbocycles. The zero-order valence-electron chi connectivity index (χ0n) is 9.88. The Bertz CT molecular complexity index is 569. The van der Waals surface area contributed by atoms with E-state index in [4.69, 9.17) is 9.29 Å². The van der Waals surface area contributed by atoms with E-state index in [0.29, 0.717) is 0 Å². The molecule has 2 rings (SSSR count). The van der Waals surface area contributed by atoms with Crippen molar-refractivity contribution in [3.63, 3.8) is 0 Å². The fourth-order valence-corrected chi connectivity index (χ4v) is 2.38. The number of phenolic OH excluding ortho intramolecular Hbond substituents is 1. The van der Waals surface area contributed by atoms with E-state index >= 15 is 0 Å². The van der Waals surface area contributed by atoms with Gasteiger partial charge >= 0.3 is 5.97 Å². The van der Waals surface area contributed by atoms with Crippen LogP contribution >= 0.6 is 28.0 Å². The Morgan fingerprint density at radius 1 is 1.21 bits per heavy atom. The van der Waals surface area contributed by atoms with Crippen molar-refractivity contribution in [2.75, 3.05) is 0 Å². The summed E-state index contributed by atoms with van der Waals surface area (Å²) in [5.41, 5.74) is 0.894. The minimum Gasteiger partial charge on any atom is -0.508 e. The molecule has 0 aliphatic heterocycles. The number of halogens is 1. The summed E-state index contributed by atoms with van der Waals surface area (Å²) in [7, 11) is 0. The van der Waals surface area contributed by atoms with Crippen LogP contribution in [-0.4, -0.2) is 11.1 Å². The van der Waals surface area contributed by atoms with Gasteiger partial charge in [-0.15, -0.1) is 0 Å². The zero-order chi connectivity index (χ0) is 13.7. The molecule has 0 aliphatic rings. The summed E-state index contributed by atoms with van der Waals surface area (Å²) in [6.45, 7) is 0. The number of benzene rings is 2. The van der Waals surface area contributed by atoms with Gasteiger partial charge in [0, 0.05) is 9.37 Å². The fourth-order valence-electron chi connectivity index (χ4n) is 1.44. The molecule has 0 spiro atoms. The SMILES string of the molecule is O=C(Cc1cccc(Br)c1)OSc1ccc(O)cc1. The third kappa shape index (κ3) is 4.61. The van der Waals surface area contributed by atoms with Crippen molar-refractivity contribution in [2.45, 2.75) is 11.3 Å². The van der Waals surface area contributed by atoms with Crippen LogP contribution in [0, 0.1) is 0 Å². The highest BCUT2D eigenvalue weighted by Crippen LogP contribution is 2.22. The Balaban J connectivity index is 1.86. The molecule has 2 aromatic carbocycles. The van der Waals surface area contributed by atoms with Crippen LogP contribution in [0.25, 0.3) is 0 Å². The zero-order valence-corrected chi connectivity index (χ0v) is 12.3. The van der Waals surface area contributed by atoms with Gasteiger partial charge in [0.05, 0.1) is 18.5 Å². The maximum Gasteiger partial charge on any atom is 0.322 e. The highest BCUT2D eigenvalue weighted by Gasteiger charge is 2.07. The minimum atomic E-state index is -0.309. The molecule has 5 heteroatoms. The molecular formula is C14H11BrO3S. The van der Waals surface area contributed by atoms with E-state index in [2.05, 4.69) is 15.9 Å². The topological polar surface area (TPSA) is 46.5 Å². The van der Waals surface area contributed by atoms with E-state index in [0.717, 1.165) is 27.0 Å². The molecule has 0 unspecified atom stereocenters. The smallest absolute Gasteiger partial charge is 0.322 e. The third-order valence-corrected chi connectivity index (χ3v) is 3.53. The summed E-state index contributed by atoms with van der Waals surface area (Å²) in [5, 5.41) is 9.13. The Hall–Kier alpha value is -1.46. The molecule has 19 heavy (non-hydrogen) atoms. The lowest BCUT2D eigenvalue weighted by atomic mass is 10.2. The molecule has 0 fully saturated rings. The Kier molecular flexibility index (Phi) is 4.87. The minimum absolute atomic E-state index is 0.185. The van der Waals surface area contributed by atoms with E-state index in [-0.39, 0.29) is 18.1 Å². The van der Waals surface area contributed by atoms with Crippen molar-refractivity contribution >= 4 is 33.9 Å². The molecule has 0 saturated heterocycles. The highest BCUT2D eigenvalue weighted by atomic mass is 79.9. The normalized spacial score (nSPS) is 10.2. The number of phenols is 1. The maximum absolute atomic E-state index is 11.7. The van der Waals surface area contributed by atoms with Crippen LogP contribution in [0.4, 0.5) is 0 Å². The van der Waals surface area contributed by atoms with Crippen molar-refractivity contribution in [1.82, 2.24) is 0 Å². The van der Waals surface area contributed by atoms with Crippen molar-refractivity contribution in [2.24, 2.45) is 0 Å². The quantitative estimate of drug-likeness (QED) is 0.857. The van der Waals surface area contributed by atoms with Gasteiger partial charge in [-0.3, -0.25) is 4.79 Å².